The lowest BCUT2D eigenvalue weighted by molar-refractivity contribution is -0.161. The third-order valence-corrected chi connectivity index (χ3v) is 7.62. The molecule has 0 saturated heterocycles. The minimum atomic E-state index is -4.59. The van der Waals surface area contributed by atoms with E-state index in [1.165, 1.54) is 44.9 Å². The van der Waals surface area contributed by atoms with Crippen molar-refractivity contribution in [1.82, 2.24) is 0 Å². The van der Waals surface area contributed by atoms with Gasteiger partial charge in [0.05, 0.1) is 19.8 Å². The summed E-state index contributed by atoms with van der Waals surface area (Å²) in [5.74, 6) is -0.963. The van der Waals surface area contributed by atoms with Crippen molar-refractivity contribution < 1.29 is 47.8 Å². The van der Waals surface area contributed by atoms with E-state index in [-0.39, 0.29) is 19.4 Å². The third-order valence-electron chi connectivity index (χ3n) is 6.67. The molecule has 42 heavy (non-hydrogen) atoms. The van der Waals surface area contributed by atoms with E-state index in [9.17, 15) is 24.2 Å². The zero-order chi connectivity index (χ0) is 31.3. The SMILES string of the molecule is CCCCCCCCC/C=C\CCCCCCCC(=O)OC(COC(=O)CCCCC)COP(=O)(O)OCC(O)CO. The molecule has 0 aliphatic carbocycles. The third kappa shape index (κ3) is 27.5. The van der Waals surface area contributed by atoms with E-state index in [0.29, 0.717) is 12.8 Å². The van der Waals surface area contributed by atoms with Gasteiger partial charge in [-0.2, -0.15) is 0 Å². The Labute approximate surface area is 254 Å². The van der Waals surface area contributed by atoms with Crippen LogP contribution in [-0.2, 0) is 32.7 Å². The summed E-state index contributed by atoms with van der Waals surface area (Å²) in [6.45, 7) is 2.14. The quantitative estimate of drug-likeness (QED) is 0.0333. The number of carbonyl (C=O) groups excluding carboxylic acids is 2. The van der Waals surface area contributed by atoms with E-state index in [0.717, 1.165) is 51.4 Å². The van der Waals surface area contributed by atoms with Crippen molar-refractivity contribution in [3.05, 3.63) is 12.2 Å². The number of phosphoric acid groups is 1. The van der Waals surface area contributed by atoms with Crippen LogP contribution >= 0.6 is 7.82 Å². The van der Waals surface area contributed by atoms with Crippen LogP contribution in [0.15, 0.2) is 12.2 Å². The van der Waals surface area contributed by atoms with Crippen molar-refractivity contribution in [3.8, 4) is 0 Å². The number of allylic oxidation sites excluding steroid dienone is 2. The lowest BCUT2D eigenvalue weighted by Crippen LogP contribution is -2.29. The van der Waals surface area contributed by atoms with Crippen LogP contribution in [0.2, 0.25) is 0 Å². The van der Waals surface area contributed by atoms with E-state index < -0.39 is 51.8 Å². The Bertz CT molecular complexity index is 731. The number of unbranched alkanes of at least 4 members (excludes halogenated alkanes) is 14. The van der Waals surface area contributed by atoms with Gasteiger partial charge in [0, 0.05) is 12.8 Å². The van der Waals surface area contributed by atoms with Crippen LogP contribution in [-0.4, -0.2) is 65.7 Å². The first-order chi connectivity index (χ1) is 20.2. The molecular formula is C31H59O10P. The van der Waals surface area contributed by atoms with E-state index in [4.69, 9.17) is 19.1 Å². The van der Waals surface area contributed by atoms with E-state index in [2.05, 4.69) is 23.6 Å². The fourth-order valence-corrected chi connectivity index (χ4v) is 4.89. The minimum absolute atomic E-state index is 0.176. The second-order valence-corrected chi connectivity index (χ2v) is 12.3. The molecule has 0 spiro atoms. The highest BCUT2D eigenvalue weighted by atomic mass is 31.2. The molecule has 11 heteroatoms. The van der Waals surface area contributed by atoms with Crippen molar-refractivity contribution in [2.75, 3.05) is 26.4 Å². The minimum Gasteiger partial charge on any atom is -0.462 e. The highest BCUT2D eigenvalue weighted by Crippen LogP contribution is 2.43. The maximum absolute atomic E-state index is 12.4. The molecule has 0 radical (unpaired) electrons. The first kappa shape index (κ1) is 40.7. The number of hydrogen-bond acceptors (Lipinski definition) is 9. The van der Waals surface area contributed by atoms with Gasteiger partial charge in [0.1, 0.15) is 12.7 Å². The molecule has 0 aromatic heterocycles. The van der Waals surface area contributed by atoms with Gasteiger partial charge in [0.15, 0.2) is 6.10 Å². The molecule has 0 aromatic carbocycles. The lowest BCUT2D eigenvalue weighted by Gasteiger charge is -2.20. The van der Waals surface area contributed by atoms with Crippen LogP contribution in [0, 0.1) is 0 Å². The number of hydrogen-bond donors (Lipinski definition) is 3. The summed E-state index contributed by atoms with van der Waals surface area (Å²) in [5.41, 5.74) is 0. The molecule has 0 aromatic rings. The summed E-state index contributed by atoms with van der Waals surface area (Å²) in [7, 11) is -4.59. The van der Waals surface area contributed by atoms with Crippen LogP contribution in [0.25, 0.3) is 0 Å². The highest BCUT2D eigenvalue weighted by Gasteiger charge is 2.27. The van der Waals surface area contributed by atoms with E-state index in [1.54, 1.807) is 0 Å². The number of phosphoric ester groups is 1. The second-order valence-electron chi connectivity index (χ2n) is 10.8. The number of ether oxygens (including phenoxy) is 2. The summed E-state index contributed by atoms with van der Waals surface area (Å²) < 4.78 is 32.1. The Morgan fingerprint density at radius 3 is 1.76 bits per heavy atom. The maximum Gasteiger partial charge on any atom is 0.472 e. The highest BCUT2D eigenvalue weighted by molar-refractivity contribution is 7.47. The average molecular weight is 623 g/mol. The summed E-state index contributed by atoms with van der Waals surface area (Å²) in [5, 5.41) is 18.1. The zero-order valence-electron chi connectivity index (χ0n) is 26.2. The molecule has 3 N–H and O–H groups in total. The maximum atomic E-state index is 12.4. The van der Waals surface area contributed by atoms with Gasteiger partial charge >= 0.3 is 19.8 Å². The van der Waals surface area contributed by atoms with Gasteiger partial charge in [-0.1, -0.05) is 96.6 Å². The Morgan fingerprint density at radius 1 is 0.690 bits per heavy atom. The molecule has 10 nitrogen and oxygen atoms in total. The van der Waals surface area contributed by atoms with Gasteiger partial charge in [0.2, 0.25) is 0 Å². The number of rotatable bonds is 30. The predicted octanol–water partition coefficient (Wildman–Crippen LogP) is 6.94. The molecule has 0 fully saturated rings. The van der Waals surface area contributed by atoms with Crippen LogP contribution in [0.1, 0.15) is 136 Å². The van der Waals surface area contributed by atoms with Gasteiger partial charge < -0.3 is 24.6 Å². The Morgan fingerprint density at radius 2 is 1.17 bits per heavy atom. The molecule has 3 atom stereocenters. The van der Waals surface area contributed by atoms with Crippen LogP contribution in [0.3, 0.4) is 0 Å². The van der Waals surface area contributed by atoms with E-state index in [1.807, 2.05) is 6.92 Å². The molecule has 0 heterocycles. The first-order valence-electron chi connectivity index (χ1n) is 16.1. The number of aliphatic hydroxyl groups is 2. The Balaban J connectivity index is 4.24. The first-order valence-corrected chi connectivity index (χ1v) is 17.6. The van der Waals surface area contributed by atoms with Crippen molar-refractivity contribution >= 4 is 19.8 Å². The van der Waals surface area contributed by atoms with Gasteiger partial charge in [-0.25, -0.2) is 4.57 Å². The lowest BCUT2D eigenvalue weighted by atomic mass is 10.1. The van der Waals surface area contributed by atoms with Crippen molar-refractivity contribution in [3.63, 3.8) is 0 Å². The summed E-state index contributed by atoms with van der Waals surface area (Å²) in [4.78, 5) is 34.1. The zero-order valence-corrected chi connectivity index (χ0v) is 27.1. The van der Waals surface area contributed by atoms with E-state index >= 15 is 0 Å². The van der Waals surface area contributed by atoms with Crippen LogP contribution in [0.5, 0.6) is 0 Å². The number of aliphatic hydroxyl groups excluding tert-OH is 2. The molecule has 0 aliphatic heterocycles. The number of carbonyl (C=O) groups is 2. The van der Waals surface area contributed by atoms with Gasteiger partial charge in [0.25, 0.3) is 0 Å². The van der Waals surface area contributed by atoms with Gasteiger partial charge in [-0.15, -0.1) is 0 Å². The van der Waals surface area contributed by atoms with Crippen molar-refractivity contribution in [2.24, 2.45) is 0 Å². The van der Waals surface area contributed by atoms with Crippen LogP contribution in [0.4, 0.5) is 0 Å². The Kier molecular flexibility index (Phi) is 27.6. The van der Waals surface area contributed by atoms with Gasteiger partial charge in [-0.3, -0.25) is 18.6 Å². The average Bonchev–Trinajstić information content (AvgIpc) is 2.97. The molecular weight excluding hydrogens is 563 g/mol. The fourth-order valence-electron chi connectivity index (χ4n) is 4.10. The molecule has 248 valence electrons. The van der Waals surface area contributed by atoms with Crippen LogP contribution < -0.4 is 0 Å². The number of esters is 2. The molecule has 3 unspecified atom stereocenters. The second kappa shape index (κ2) is 28.5. The predicted molar refractivity (Wildman–Crippen MR) is 164 cm³/mol. The van der Waals surface area contributed by atoms with Crippen molar-refractivity contribution in [1.29, 1.82) is 0 Å². The van der Waals surface area contributed by atoms with Crippen molar-refractivity contribution in [2.45, 2.75) is 148 Å². The summed E-state index contributed by atoms with van der Waals surface area (Å²) >= 11 is 0. The largest absolute Gasteiger partial charge is 0.472 e. The molecule has 0 saturated carbocycles. The monoisotopic (exact) mass is 622 g/mol. The molecule has 0 rings (SSSR count). The summed E-state index contributed by atoms with van der Waals surface area (Å²) in [6, 6.07) is 0. The summed E-state index contributed by atoms with van der Waals surface area (Å²) in [6.07, 6.45) is 21.4. The Hall–Kier alpha value is -1.29. The molecule has 0 bridgehead atoms. The molecule has 0 amide bonds. The van der Waals surface area contributed by atoms with Gasteiger partial charge in [-0.05, 0) is 38.5 Å². The standard InChI is InChI=1S/C31H59O10P/c1-3-5-7-8-9-10-11-12-13-14-15-16-17-18-19-21-23-31(35)41-29(26-38-30(34)22-20-6-4-2)27-40-42(36,37)39-25-28(33)24-32/h13-14,28-29,32-33H,3-12,15-27H2,1-2H3,(H,36,37)/b14-13-. The topological polar surface area (TPSA) is 149 Å². The normalized spacial score (nSPS) is 14.5. The fraction of sp³-hybridized carbons (Fsp3) is 0.871. The smallest absolute Gasteiger partial charge is 0.462 e. The molecule has 0 aliphatic rings.